The minimum Gasteiger partial charge on any atom is -0.471 e. The van der Waals surface area contributed by atoms with Crippen molar-refractivity contribution < 1.29 is 31.1 Å². The smallest absolute Gasteiger partial charge is 0.272 e. The van der Waals surface area contributed by atoms with E-state index >= 15 is 0 Å². The minimum atomic E-state index is -4.30. The lowest BCUT2D eigenvalue weighted by atomic mass is 10.2. The fraction of sp³-hybridized carbons (Fsp3) is 0.200. The van der Waals surface area contributed by atoms with Crippen molar-refractivity contribution in [3.63, 3.8) is 0 Å². The number of pyridine rings is 1. The molecule has 0 aliphatic carbocycles. The lowest BCUT2D eigenvalue weighted by Gasteiger charge is -2.12. The van der Waals surface area contributed by atoms with E-state index in [1.165, 1.54) is 25.3 Å². The number of benzene rings is 1. The van der Waals surface area contributed by atoms with Gasteiger partial charge in [0.25, 0.3) is 22.4 Å². The van der Waals surface area contributed by atoms with Crippen LogP contribution in [-0.2, 0) is 10.0 Å². The Balaban J connectivity index is 2.27. The number of amides is 1. The summed E-state index contributed by atoms with van der Waals surface area (Å²) >= 11 is 0. The van der Waals surface area contributed by atoms with Crippen LogP contribution in [-0.4, -0.2) is 32.3 Å². The van der Waals surface area contributed by atoms with E-state index in [0.29, 0.717) is 0 Å². The van der Waals surface area contributed by atoms with Gasteiger partial charge in [-0.15, -0.1) is 0 Å². The summed E-state index contributed by atoms with van der Waals surface area (Å²) in [7, 11) is -4.30. The number of alkyl halides is 2. The number of carbonyl (C=O) groups excluding carboxylic acids is 1. The summed E-state index contributed by atoms with van der Waals surface area (Å²) in [6, 6.07) is 5.45. The lowest BCUT2D eigenvalue weighted by molar-refractivity contribution is 0.0776. The molecule has 0 spiro atoms. The van der Waals surface area contributed by atoms with Gasteiger partial charge < -0.3 is 4.74 Å². The van der Waals surface area contributed by atoms with Gasteiger partial charge in [-0.05, 0) is 42.8 Å². The molecule has 1 aromatic carbocycles. The molecule has 6 nitrogen and oxygen atoms in total. The molecule has 0 aliphatic rings. The average molecular weight is 374 g/mol. The first-order valence-electron chi connectivity index (χ1n) is 6.90. The van der Waals surface area contributed by atoms with Gasteiger partial charge in [-0.2, -0.15) is 0 Å². The zero-order valence-corrected chi connectivity index (χ0v) is 13.7. The van der Waals surface area contributed by atoms with Crippen LogP contribution in [0.5, 0.6) is 5.88 Å². The zero-order valence-electron chi connectivity index (χ0n) is 12.9. The Bertz CT molecular complexity index is 888. The van der Waals surface area contributed by atoms with Gasteiger partial charge in [0, 0.05) is 6.20 Å². The predicted octanol–water partition coefficient (Wildman–Crippen LogP) is 2.29. The first kappa shape index (κ1) is 18.7. The third-order valence-corrected chi connectivity index (χ3v) is 4.51. The Hall–Kier alpha value is -2.62. The van der Waals surface area contributed by atoms with Crippen LogP contribution >= 0.6 is 0 Å². The Morgan fingerprint density at radius 3 is 2.68 bits per heavy atom. The summed E-state index contributed by atoms with van der Waals surface area (Å²) in [6.07, 6.45) is -1.58. The molecule has 0 radical (unpaired) electrons. The van der Waals surface area contributed by atoms with Crippen molar-refractivity contribution in [2.75, 3.05) is 6.61 Å². The number of halogens is 3. The lowest BCUT2D eigenvalue weighted by Crippen LogP contribution is -2.31. The van der Waals surface area contributed by atoms with Gasteiger partial charge in [0.15, 0.2) is 6.61 Å². The number of rotatable bonds is 6. The molecule has 0 unspecified atom stereocenters. The molecule has 1 N–H and O–H groups in total. The molecule has 0 saturated heterocycles. The van der Waals surface area contributed by atoms with Crippen molar-refractivity contribution >= 4 is 15.9 Å². The fourth-order valence-electron chi connectivity index (χ4n) is 1.97. The second-order valence-electron chi connectivity index (χ2n) is 4.90. The maximum atomic E-state index is 13.1. The van der Waals surface area contributed by atoms with Crippen molar-refractivity contribution in [3.8, 4) is 5.88 Å². The molecule has 2 aromatic rings. The van der Waals surface area contributed by atoms with Gasteiger partial charge >= 0.3 is 0 Å². The maximum absolute atomic E-state index is 13.1. The summed E-state index contributed by atoms with van der Waals surface area (Å²) < 4.78 is 68.7. The number of hydrogen-bond donors (Lipinski definition) is 1. The van der Waals surface area contributed by atoms with Gasteiger partial charge in [0.1, 0.15) is 11.4 Å². The van der Waals surface area contributed by atoms with E-state index < -0.39 is 40.7 Å². The van der Waals surface area contributed by atoms with Crippen LogP contribution in [0.2, 0.25) is 0 Å². The monoisotopic (exact) mass is 374 g/mol. The number of aryl methyl sites for hydroxylation is 1. The zero-order chi connectivity index (χ0) is 18.6. The molecule has 2 rings (SSSR count). The molecule has 1 amide bonds. The highest BCUT2D eigenvalue weighted by Gasteiger charge is 2.23. The number of sulfonamides is 1. The number of nitrogens with one attached hydrogen (secondary N) is 1. The van der Waals surface area contributed by atoms with E-state index in [0.717, 1.165) is 18.2 Å². The Kier molecular flexibility index (Phi) is 5.62. The highest BCUT2D eigenvalue weighted by atomic mass is 32.2. The largest absolute Gasteiger partial charge is 0.471 e. The molecule has 1 heterocycles. The van der Waals surface area contributed by atoms with E-state index in [2.05, 4.69) is 4.98 Å². The minimum absolute atomic E-state index is 0.0978. The molecule has 1 aromatic heterocycles. The Morgan fingerprint density at radius 1 is 1.32 bits per heavy atom. The number of carbonyl (C=O) groups is 1. The Labute approximate surface area is 141 Å². The molecule has 0 bridgehead atoms. The summed E-state index contributed by atoms with van der Waals surface area (Å²) in [5.41, 5.74) is -0.229. The van der Waals surface area contributed by atoms with E-state index in [4.69, 9.17) is 4.74 Å². The van der Waals surface area contributed by atoms with Gasteiger partial charge in [0.2, 0.25) is 5.88 Å². The van der Waals surface area contributed by atoms with E-state index in [9.17, 15) is 26.4 Å². The fourth-order valence-corrected chi connectivity index (χ4v) is 3.16. The Morgan fingerprint density at radius 2 is 2.04 bits per heavy atom. The van der Waals surface area contributed by atoms with Crippen LogP contribution in [0, 0.1) is 12.7 Å². The molecule has 0 saturated carbocycles. The third kappa shape index (κ3) is 4.69. The molecule has 10 heteroatoms. The second-order valence-corrected chi connectivity index (χ2v) is 6.55. The molecule has 0 atom stereocenters. The normalized spacial score (nSPS) is 11.4. The second kappa shape index (κ2) is 7.51. The SMILES string of the molecule is Cc1cc(F)ccc1S(=O)(=O)NC(=O)c1cccnc1OCC(F)F. The quantitative estimate of drug-likeness (QED) is 0.839. The standard InChI is InChI=1S/C15H13F3N2O4S/c1-9-7-10(16)4-5-12(9)25(22,23)20-14(21)11-3-2-6-19-15(11)24-8-13(17)18/h2-7,13H,8H2,1H3,(H,20,21). The van der Waals surface area contributed by atoms with Crippen molar-refractivity contribution in [1.82, 2.24) is 9.71 Å². The number of nitrogens with zero attached hydrogens (tertiary/aromatic N) is 1. The highest BCUT2D eigenvalue weighted by Crippen LogP contribution is 2.19. The first-order valence-corrected chi connectivity index (χ1v) is 8.38. The van der Waals surface area contributed by atoms with Crippen LogP contribution < -0.4 is 9.46 Å². The molecular formula is C15H13F3N2O4S. The van der Waals surface area contributed by atoms with E-state index in [-0.39, 0.29) is 16.0 Å². The van der Waals surface area contributed by atoms with E-state index in [1.54, 1.807) is 4.72 Å². The van der Waals surface area contributed by atoms with Crippen LogP contribution in [0.25, 0.3) is 0 Å². The van der Waals surface area contributed by atoms with Crippen molar-refractivity contribution in [1.29, 1.82) is 0 Å². The summed E-state index contributed by atoms with van der Waals surface area (Å²) in [6.45, 7) is 0.366. The molecule has 0 aliphatic heterocycles. The predicted molar refractivity (Wildman–Crippen MR) is 81.5 cm³/mol. The van der Waals surface area contributed by atoms with Gasteiger partial charge in [-0.25, -0.2) is 31.3 Å². The van der Waals surface area contributed by atoms with Gasteiger partial charge in [0.05, 0.1) is 4.90 Å². The van der Waals surface area contributed by atoms with E-state index in [1.807, 2.05) is 0 Å². The maximum Gasteiger partial charge on any atom is 0.272 e. The highest BCUT2D eigenvalue weighted by molar-refractivity contribution is 7.90. The number of hydrogen-bond acceptors (Lipinski definition) is 5. The third-order valence-electron chi connectivity index (χ3n) is 3.02. The number of aromatic nitrogens is 1. The van der Waals surface area contributed by atoms with Gasteiger partial charge in [-0.3, -0.25) is 4.79 Å². The first-order chi connectivity index (χ1) is 11.7. The summed E-state index contributed by atoms with van der Waals surface area (Å²) in [5.74, 6) is -2.16. The summed E-state index contributed by atoms with van der Waals surface area (Å²) in [5, 5.41) is 0. The topological polar surface area (TPSA) is 85.4 Å². The van der Waals surface area contributed by atoms with Crippen molar-refractivity contribution in [2.24, 2.45) is 0 Å². The van der Waals surface area contributed by atoms with Crippen LogP contribution in [0.4, 0.5) is 13.2 Å². The number of ether oxygens (including phenoxy) is 1. The molecule has 0 fully saturated rings. The summed E-state index contributed by atoms with van der Waals surface area (Å²) in [4.78, 5) is 15.6. The molecular weight excluding hydrogens is 361 g/mol. The van der Waals surface area contributed by atoms with Crippen LogP contribution in [0.3, 0.4) is 0 Å². The van der Waals surface area contributed by atoms with Gasteiger partial charge in [-0.1, -0.05) is 0 Å². The molecule has 134 valence electrons. The molecule has 25 heavy (non-hydrogen) atoms. The van der Waals surface area contributed by atoms with Crippen molar-refractivity contribution in [3.05, 3.63) is 53.5 Å². The van der Waals surface area contributed by atoms with Crippen LogP contribution in [0.15, 0.2) is 41.4 Å². The van der Waals surface area contributed by atoms with Crippen molar-refractivity contribution in [2.45, 2.75) is 18.2 Å². The van der Waals surface area contributed by atoms with Crippen LogP contribution in [0.1, 0.15) is 15.9 Å². The average Bonchev–Trinajstić information content (AvgIpc) is 2.52.